The average molecular weight is 370 g/mol. The highest BCUT2D eigenvalue weighted by atomic mass is 35.5. The summed E-state index contributed by atoms with van der Waals surface area (Å²) in [5.41, 5.74) is 8.95. The highest BCUT2D eigenvalue weighted by molar-refractivity contribution is 6.30. The third kappa shape index (κ3) is 2.90. The molecule has 1 amide bonds. The maximum atomic E-state index is 12.6. The van der Waals surface area contributed by atoms with Crippen molar-refractivity contribution >= 4 is 34.6 Å². The minimum Gasteiger partial charge on any atom is -0.369 e. The van der Waals surface area contributed by atoms with Gasteiger partial charge in [0.05, 0.1) is 5.56 Å². The number of nitrogens with two attached hydrogens (primary N) is 1. The number of aromatic nitrogens is 3. The molecular weight excluding hydrogens is 350 g/mol. The molecular formula is C19H20ClN5O. The number of halogens is 1. The zero-order valence-electron chi connectivity index (χ0n) is 14.5. The lowest BCUT2D eigenvalue weighted by Gasteiger charge is -2.16. The maximum absolute atomic E-state index is 12.6. The lowest BCUT2D eigenvalue weighted by atomic mass is 9.96. The number of amides is 1. The molecule has 26 heavy (non-hydrogen) atoms. The molecule has 0 spiro atoms. The summed E-state index contributed by atoms with van der Waals surface area (Å²) in [6.45, 7) is 3.26. The molecule has 0 radical (unpaired) electrons. The Labute approximate surface area is 156 Å². The van der Waals surface area contributed by atoms with Crippen LogP contribution in [-0.4, -0.2) is 27.0 Å². The van der Waals surface area contributed by atoms with Gasteiger partial charge in [-0.1, -0.05) is 23.7 Å². The Bertz CT molecular complexity index is 976. The molecule has 0 aliphatic heterocycles. The molecule has 2 aromatic heterocycles. The number of nitrogens with one attached hydrogen (secondary N) is 1. The van der Waals surface area contributed by atoms with Crippen molar-refractivity contribution < 1.29 is 4.79 Å². The minimum absolute atomic E-state index is 0.0198. The van der Waals surface area contributed by atoms with Gasteiger partial charge in [0.1, 0.15) is 5.52 Å². The molecule has 0 unspecified atom stereocenters. The van der Waals surface area contributed by atoms with E-state index in [0.29, 0.717) is 35.8 Å². The van der Waals surface area contributed by atoms with Crippen LogP contribution in [-0.2, 0) is 12.0 Å². The van der Waals surface area contributed by atoms with Crippen molar-refractivity contribution in [3.05, 3.63) is 52.7 Å². The number of fused-ring (bicyclic) bond motifs is 1. The average Bonchev–Trinajstić information content (AvgIpc) is 3.36. The van der Waals surface area contributed by atoms with Gasteiger partial charge in [-0.25, -0.2) is 9.97 Å². The standard InChI is InChI=1S/C19H20ClN5O/c1-2-25-16-15(24-18(25)21)9-12(10-22-16)17(26)23-11-19(7-8-19)13-3-5-14(20)6-4-13/h3-6,9-10H,2,7-8,11H2,1H3,(H2,21,24)(H,23,26). The smallest absolute Gasteiger partial charge is 0.252 e. The largest absolute Gasteiger partial charge is 0.369 e. The SMILES string of the molecule is CCn1c(N)nc2cc(C(=O)NCC3(c4ccc(Cl)cc4)CC3)cnc21. The van der Waals surface area contributed by atoms with Gasteiger partial charge in [0.2, 0.25) is 5.95 Å². The van der Waals surface area contributed by atoms with E-state index < -0.39 is 0 Å². The van der Waals surface area contributed by atoms with Gasteiger partial charge in [0, 0.05) is 29.7 Å². The Morgan fingerprint density at radius 1 is 1.35 bits per heavy atom. The number of rotatable bonds is 5. The van der Waals surface area contributed by atoms with Crippen molar-refractivity contribution in [2.24, 2.45) is 0 Å². The first-order chi connectivity index (χ1) is 12.5. The highest BCUT2D eigenvalue weighted by Gasteiger charge is 2.44. The van der Waals surface area contributed by atoms with Crippen LogP contribution >= 0.6 is 11.6 Å². The zero-order chi connectivity index (χ0) is 18.3. The number of aryl methyl sites for hydroxylation is 1. The summed E-state index contributed by atoms with van der Waals surface area (Å²) in [6, 6.07) is 9.60. The zero-order valence-corrected chi connectivity index (χ0v) is 15.3. The fraction of sp³-hybridized carbons (Fsp3) is 0.316. The minimum atomic E-state index is -0.149. The molecule has 6 nitrogen and oxygen atoms in total. The van der Waals surface area contributed by atoms with Gasteiger partial charge in [-0.2, -0.15) is 0 Å². The van der Waals surface area contributed by atoms with Crippen LogP contribution < -0.4 is 11.1 Å². The van der Waals surface area contributed by atoms with Crippen LogP contribution in [0.25, 0.3) is 11.2 Å². The molecule has 1 aliphatic rings. The van der Waals surface area contributed by atoms with Crippen LogP contribution in [0.4, 0.5) is 5.95 Å². The topological polar surface area (TPSA) is 85.8 Å². The Hall–Kier alpha value is -2.60. The predicted molar refractivity (Wildman–Crippen MR) is 102 cm³/mol. The van der Waals surface area contributed by atoms with Gasteiger partial charge in [-0.15, -0.1) is 0 Å². The molecule has 134 valence electrons. The quantitative estimate of drug-likeness (QED) is 0.723. The van der Waals surface area contributed by atoms with Gasteiger partial charge < -0.3 is 11.1 Å². The van der Waals surface area contributed by atoms with E-state index in [4.69, 9.17) is 17.3 Å². The summed E-state index contributed by atoms with van der Waals surface area (Å²) in [5.74, 6) is 0.261. The van der Waals surface area contributed by atoms with E-state index in [-0.39, 0.29) is 11.3 Å². The van der Waals surface area contributed by atoms with E-state index in [1.54, 1.807) is 12.3 Å². The second-order valence-corrected chi connectivity index (χ2v) is 7.19. The Morgan fingerprint density at radius 2 is 2.08 bits per heavy atom. The first-order valence-electron chi connectivity index (χ1n) is 8.68. The van der Waals surface area contributed by atoms with Crippen molar-refractivity contribution in [2.45, 2.75) is 31.7 Å². The van der Waals surface area contributed by atoms with Gasteiger partial charge in [0.25, 0.3) is 5.91 Å². The van der Waals surface area contributed by atoms with Gasteiger partial charge in [-0.3, -0.25) is 9.36 Å². The molecule has 4 rings (SSSR count). The number of anilines is 1. The van der Waals surface area contributed by atoms with Crippen molar-refractivity contribution in [3.63, 3.8) is 0 Å². The fourth-order valence-corrected chi connectivity index (χ4v) is 3.46. The summed E-state index contributed by atoms with van der Waals surface area (Å²) < 4.78 is 1.82. The Balaban J connectivity index is 1.50. The third-order valence-corrected chi connectivity index (χ3v) is 5.34. The van der Waals surface area contributed by atoms with E-state index in [0.717, 1.165) is 17.9 Å². The molecule has 1 aliphatic carbocycles. The molecule has 7 heteroatoms. The van der Waals surface area contributed by atoms with Crippen LogP contribution in [0.3, 0.4) is 0 Å². The second kappa shape index (κ2) is 6.29. The molecule has 0 saturated heterocycles. The van der Waals surface area contributed by atoms with Crippen molar-refractivity contribution in [1.82, 2.24) is 19.9 Å². The van der Waals surface area contributed by atoms with Crippen LogP contribution in [0.5, 0.6) is 0 Å². The normalized spacial score (nSPS) is 15.2. The third-order valence-electron chi connectivity index (χ3n) is 5.09. The number of nitrogens with zero attached hydrogens (tertiary/aromatic N) is 3. The van der Waals surface area contributed by atoms with Gasteiger partial charge in [0.15, 0.2) is 5.65 Å². The van der Waals surface area contributed by atoms with E-state index >= 15 is 0 Å². The summed E-state index contributed by atoms with van der Waals surface area (Å²) in [6.07, 6.45) is 3.69. The predicted octanol–water partition coefficient (Wildman–Crippen LogP) is 3.15. The molecule has 1 fully saturated rings. The van der Waals surface area contributed by atoms with Gasteiger partial charge in [-0.05, 0) is 43.5 Å². The molecule has 2 heterocycles. The van der Waals surface area contributed by atoms with Crippen LogP contribution in [0.1, 0.15) is 35.7 Å². The number of nitrogen functional groups attached to an aromatic ring is 1. The first kappa shape index (κ1) is 16.8. The summed E-state index contributed by atoms with van der Waals surface area (Å²) in [4.78, 5) is 21.2. The van der Waals surface area contributed by atoms with E-state index in [9.17, 15) is 4.79 Å². The maximum Gasteiger partial charge on any atom is 0.252 e. The van der Waals surface area contributed by atoms with Crippen LogP contribution in [0.2, 0.25) is 5.02 Å². The fourth-order valence-electron chi connectivity index (χ4n) is 3.34. The monoisotopic (exact) mass is 369 g/mol. The summed E-state index contributed by atoms with van der Waals surface area (Å²) >= 11 is 5.97. The number of hydrogen-bond acceptors (Lipinski definition) is 4. The van der Waals surface area contributed by atoms with Crippen LogP contribution in [0, 0.1) is 0 Å². The van der Waals surface area contributed by atoms with Crippen molar-refractivity contribution in [3.8, 4) is 0 Å². The summed E-state index contributed by atoms with van der Waals surface area (Å²) in [5, 5.41) is 3.76. The lowest BCUT2D eigenvalue weighted by Crippen LogP contribution is -2.32. The number of pyridine rings is 1. The lowest BCUT2D eigenvalue weighted by molar-refractivity contribution is 0.0949. The van der Waals surface area contributed by atoms with Crippen molar-refractivity contribution in [2.75, 3.05) is 12.3 Å². The van der Waals surface area contributed by atoms with Gasteiger partial charge >= 0.3 is 0 Å². The van der Waals surface area contributed by atoms with E-state index in [1.807, 2.05) is 35.8 Å². The molecule has 1 saturated carbocycles. The molecule has 3 aromatic rings. The number of carbonyl (C=O) groups excluding carboxylic acids is 1. The molecule has 3 N–H and O–H groups in total. The molecule has 1 aromatic carbocycles. The highest BCUT2D eigenvalue weighted by Crippen LogP contribution is 2.47. The summed E-state index contributed by atoms with van der Waals surface area (Å²) in [7, 11) is 0. The van der Waals surface area contributed by atoms with Crippen LogP contribution in [0.15, 0.2) is 36.5 Å². The number of benzene rings is 1. The Morgan fingerprint density at radius 3 is 2.73 bits per heavy atom. The second-order valence-electron chi connectivity index (χ2n) is 6.75. The number of carbonyl (C=O) groups is 1. The Kier molecular flexibility index (Phi) is 4.07. The first-order valence-corrected chi connectivity index (χ1v) is 9.06. The molecule has 0 bridgehead atoms. The van der Waals surface area contributed by atoms with Crippen molar-refractivity contribution in [1.29, 1.82) is 0 Å². The van der Waals surface area contributed by atoms with E-state index in [1.165, 1.54) is 5.56 Å². The van der Waals surface area contributed by atoms with E-state index in [2.05, 4.69) is 15.3 Å². The molecule has 0 atom stereocenters. The number of hydrogen-bond donors (Lipinski definition) is 2. The number of imidazole rings is 1.